The maximum atomic E-state index is 12.3. The van der Waals surface area contributed by atoms with Crippen LogP contribution >= 0.6 is 0 Å². The fourth-order valence-corrected chi connectivity index (χ4v) is 4.64. The van der Waals surface area contributed by atoms with Crippen LogP contribution in [0.15, 0.2) is 35.2 Å². The predicted octanol–water partition coefficient (Wildman–Crippen LogP) is 0.401. The van der Waals surface area contributed by atoms with Gasteiger partial charge in [0.1, 0.15) is 0 Å². The highest BCUT2D eigenvalue weighted by Gasteiger charge is 2.50. The van der Waals surface area contributed by atoms with Crippen molar-refractivity contribution >= 4 is 9.84 Å². The summed E-state index contributed by atoms with van der Waals surface area (Å²) in [7, 11) is -3.23. The van der Waals surface area contributed by atoms with Gasteiger partial charge in [-0.15, -0.1) is 0 Å². The molecule has 0 amide bonds. The maximum absolute atomic E-state index is 12.3. The van der Waals surface area contributed by atoms with E-state index in [9.17, 15) is 13.5 Å². The Morgan fingerprint density at radius 3 is 2.76 bits per heavy atom. The normalized spacial score (nSPS) is 29.7. The highest BCUT2D eigenvalue weighted by atomic mass is 32.2. The highest BCUT2D eigenvalue weighted by Crippen LogP contribution is 2.40. The number of aliphatic hydroxyl groups excluding tert-OH is 1. The second-order valence-electron chi connectivity index (χ2n) is 6.10. The zero-order chi connectivity index (χ0) is 14.9. The maximum Gasteiger partial charge on any atom is 0.179 e. The van der Waals surface area contributed by atoms with E-state index in [1.54, 1.807) is 24.3 Å². The Morgan fingerprint density at radius 1 is 1.33 bits per heavy atom. The zero-order valence-electron chi connectivity index (χ0n) is 11.9. The molecule has 1 aromatic carbocycles. The molecule has 3 rings (SSSR count). The van der Waals surface area contributed by atoms with Gasteiger partial charge in [-0.1, -0.05) is 18.2 Å². The van der Waals surface area contributed by atoms with E-state index in [1.165, 1.54) is 0 Å². The molecule has 0 unspecified atom stereocenters. The zero-order valence-corrected chi connectivity index (χ0v) is 12.8. The van der Waals surface area contributed by atoms with Crippen molar-refractivity contribution < 1.29 is 18.3 Å². The Morgan fingerprint density at radius 2 is 2.10 bits per heavy atom. The van der Waals surface area contributed by atoms with E-state index in [0.29, 0.717) is 30.6 Å². The molecular weight excluding hydrogens is 290 g/mol. The third-order valence-corrected chi connectivity index (χ3v) is 6.40. The summed E-state index contributed by atoms with van der Waals surface area (Å²) in [6.45, 7) is 3.40. The number of benzene rings is 1. The van der Waals surface area contributed by atoms with Gasteiger partial charge in [0.2, 0.25) is 0 Å². The van der Waals surface area contributed by atoms with E-state index in [-0.39, 0.29) is 17.8 Å². The van der Waals surface area contributed by atoms with Crippen molar-refractivity contribution in [2.45, 2.75) is 4.90 Å². The number of ether oxygens (including phenoxy) is 1. The first-order valence-corrected chi connectivity index (χ1v) is 8.90. The van der Waals surface area contributed by atoms with Gasteiger partial charge in [0.25, 0.3) is 0 Å². The van der Waals surface area contributed by atoms with E-state index in [1.807, 2.05) is 6.07 Å². The summed E-state index contributed by atoms with van der Waals surface area (Å²) < 4.78 is 30.0. The lowest BCUT2D eigenvalue weighted by Gasteiger charge is -2.24. The largest absolute Gasteiger partial charge is 0.396 e. The van der Waals surface area contributed by atoms with E-state index in [2.05, 4.69) is 4.90 Å². The lowest BCUT2D eigenvalue weighted by atomic mass is 9.82. The molecule has 2 heterocycles. The molecule has 2 atom stereocenters. The molecule has 0 saturated carbocycles. The van der Waals surface area contributed by atoms with Crippen molar-refractivity contribution in [3.8, 4) is 0 Å². The second-order valence-corrected chi connectivity index (χ2v) is 8.21. The molecule has 2 saturated heterocycles. The standard InChI is InChI=1S/C15H21NO4S/c17-11-15-10-16(8-13(15)9-20-12-15)6-7-21(18,19)14-4-2-1-3-5-14/h1-5,13,17H,6-12H2/t13-,15-/m0/s1. The molecule has 0 radical (unpaired) electrons. The third kappa shape index (κ3) is 2.85. The number of rotatable bonds is 5. The summed E-state index contributed by atoms with van der Waals surface area (Å²) >= 11 is 0. The van der Waals surface area contributed by atoms with Crippen LogP contribution < -0.4 is 0 Å². The number of fused-ring (bicyclic) bond motifs is 1. The fraction of sp³-hybridized carbons (Fsp3) is 0.600. The molecule has 21 heavy (non-hydrogen) atoms. The molecule has 0 aromatic heterocycles. The number of likely N-dealkylation sites (tertiary alicyclic amines) is 1. The van der Waals surface area contributed by atoms with Crippen LogP contribution in [0.3, 0.4) is 0 Å². The van der Waals surface area contributed by atoms with Crippen LogP contribution in [0.25, 0.3) is 0 Å². The van der Waals surface area contributed by atoms with Crippen molar-refractivity contribution in [3.05, 3.63) is 30.3 Å². The van der Waals surface area contributed by atoms with Gasteiger partial charge in [0.15, 0.2) is 9.84 Å². The van der Waals surface area contributed by atoms with E-state index < -0.39 is 9.84 Å². The van der Waals surface area contributed by atoms with Crippen molar-refractivity contribution in [2.24, 2.45) is 11.3 Å². The van der Waals surface area contributed by atoms with Gasteiger partial charge in [-0.05, 0) is 12.1 Å². The molecule has 0 bridgehead atoms. The third-order valence-electron chi connectivity index (χ3n) is 4.69. The summed E-state index contributed by atoms with van der Waals surface area (Å²) in [5, 5.41) is 9.63. The minimum absolute atomic E-state index is 0.111. The molecule has 0 spiro atoms. The highest BCUT2D eigenvalue weighted by molar-refractivity contribution is 7.91. The summed E-state index contributed by atoms with van der Waals surface area (Å²) in [5.74, 6) is 0.438. The van der Waals surface area contributed by atoms with Gasteiger partial charge in [0.05, 0.1) is 30.5 Å². The molecule has 0 aliphatic carbocycles. The van der Waals surface area contributed by atoms with E-state index in [0.717, 1.165) is 13.1 Å². The lowest BCUT2D eigenvalue weighted by molar-refractivity contribution is 0.0824. The first-order chi connectivity index (χ1) is 10.1. The van der Waals surface area contributed by atoms with Crippen molar-refractivity contribution in [2.75, 3.05) is 45.2 Å². The average Bonchev–Trinajstić information content (AvgIpc) is 3.03. The molecule has 1 aromatic rings. The predicted molar refractivity (Wildman–Crippen MR) is 78.8 cm³/mol. The topological polar surface area (TPSA) is 66.8 Å². The van der Waals surface area contributed by atoms with Crippen LogP contribution in [0.4, 0.5) is 0 Å². The fourth-order valence-electron chi connectivity index (χ4n) is 3.33. The summed E-state index contributed by atoms with van der Waals surface area (Å²) in [4.78, 5) is 2.52. The van der Waals surface area contributed by atoms with Gasteiger partial charge in [-0.2, -0.15) is 0 Å². The average molecular weight is 311 g/mol. The lowest BCUT2D eigenvalue weighted by Crippen LogP contribution is -2.35. The Bertz CT molecular complexity index is 589. The van der Waals surface area contributed by atoms with Crippen LogP contribution in [0, 0.1) is 11.3 Å². The minimum Gasteiger partial charge on any atom is -0.396 e. The number of hydrogen-bond acceptors (Lipinski definition) is 5. The van der Waals surface area contributed by atoms with Crippen molar-refractivity contribution in [1.29, 1.82) is 0 Å². The molecule has 6 heteroatoms. The SMILES string of the molecule is O=S(=O)(CCN1C[C@H]2COC[C@@]2(CO)C1)c1ccccc1. The Kier molecular flexibility index (Phi) is 4.05. The minimum atomic E-state index is -3.23. The van der Waals surface area contributed by atoms with Gasteiger partial charge in [0, 0.05) is 31.0 Å². The van der Waals surface area contributed by atoms with Crippen LogP contribution in [0.5, 0.6) is 0 Å². The number of aliphatic hydroxyl groups is 1. The Hall–Kier alpha value is -0.950. The Balaban J connectivity index is 1.62. The smallest absolute Gasteiger partial charge is 0.179 e. The van der Waals surface area contributed by atoms with Gasteiger partial charge in [-0.3, -0.25) is 0 Å². The van der Waals surface area contributed by atoms with Gasteiger partial charge >= 0.3 is 0 Å². The molecule has 2 aliphatic heterocycles. The summed E-state index contributed by atoms with van der Waals surface area (Å²) in [5.41, 5.74) is -0.184. The second kappa shape index (κ2) is 5.68. The Labute approximate surface area is 125 Å². The number of hydrogen-bond donors (Lipinski definition) is 1. The van der Waals surface area contributed by atoms with Crippen molar-refractivity contribution in [3.63, 3.8) is 0 Å². The van der Waals surface area contributed by atoms with Crippen molar-refractivity contribution in [1.82, 2.24) is 4.90 Å². The molecule has 5 nitrogen and oxygen atoms in total. The summed E-state index contributed by atoms with van der Waals surface area (Å²) in [6, 6.07) is 8.57. The molecule has 116 valence electrons. The van der Waals surface area contributed by atoms with E-state index in [4.69, 9.17) is 4.74 Å². The van der Waals surface area contributed by atoms with Gasteiger partial charge < -0.3 is 14.7 Å². The number of sulfone groups is 1. The first-order valence-electron chi connectivity index (χ1n) is 7.24. The molecule has 1 N–H and O–H groups in total. The molecule has 2 aliphatic rings. The van der Waals surface area contributed by atoms with Crippen LogP contribution in [0.2, 0.25) is 0 Å². The monoisotopic (exact) mass is 311 g/mol. The first kappa shape index (κ1) is 15.0. The van der Waals surface area contributed by atoms with Crippen LogP contribution in [0.1, 0.15) is 0 Å². The van der Waals surface area contributed by atoms with Gasteiger partial charge in [-0.25, -0.2) is 8.42 Å². The molecule has 2 fully saturated rings. The van der Waals surface area contributed by atoms with E-state index >= 15 is 0 Å². The van der Waals surface area contributed by atoms with Crippen LogP contribution in [-0.2, 0) is 14.6 Å². The van der Waals surface area contributed by atoms with Crippen LogP contribution in [-0.4, -0.2) is 63.6 Å². The number of nitrogens with zero attached hydrogens (tertiary/aromatic N) is 1. The molecular formula is C15H21NO4S. The quantitative estimate of drug-likeness (QED) is 0.853. The summed E-state index contributed by atoms with van der Waals surface area (Å²) in [6.07, 6.45) is 0.